The fourth-order valence-corrected chi connectivity index (χ4v) is 4.93. The van der Waals surface area contributed by atoms with E-state index in [1.807, 2.05) is 24.3 Å². The van der Waals surface area contributed by atoms with Crippen LogP contribution < -0.4 is 0 Å². The van der Waals surface area contributed by atoms with Crippen LogP contribution in [0.3, 0.4) is 0 Å². The molecule has 5 heteroatoms. The summed E-state index contributed by atoms with van der Waals surface area (Å²) in [5.41, 5.74) is 4.58. The lowest BCUT2D eigenvalue weighted by Gasteiger charge is -2.03. The van der Waals surface area contributed by atoms with Crippen molar-refractivity contribution >= 4 is 43.4 Å². The monoisotopic (exact) mass is 424 g/mol. The third-order valence-corrected chi connectivity index (χ3v) is 6.52. The molecule has 31 heavy (non-hydrogen) atoms. The number of benzene rings is 4. The molecule has 0 atom stereocenters. The van der Waals surface area contributed by atoms with E-state index in [2.05, 4.69) is 36.4 Å². The maximum absolute atomic E-state index is 11.1. The number of aromatic carboxylic acids is 2. The van der Waals surface area contributed by atoms with E-state index in [0.29, 0.717) is 0 Å². The molecule has 1 aromatic heterocycles. The number of hydrogen-bond donors (Lipinski definition) is 2. The van der Waals surface area contributed by atoms with Crippen molar-refractivity contribution in [1.82, 2.24) is 0 Å². The SMILES string of the molecule is O=C(O)c1ccc(-c2ccc3c(c2)sc2cc(-c4ccc(C(=O)O)cc4)ccc23)cc1. The van der Waals surface area contributed by atoms with Gasteiger partial charge in [-0.2, -0.15) is 0 Å². The number of carboxylic acid groups (broad SMARTS) is 2. The summed E-state index contributed by atoms with van der Waals surface area (Å²) in [4.78, 5) is 22.1. The molecule has 0 bridgehead atoms. The van der Waals surface area contributed by atoms with E-state index in [0.717, 1.165) is 31.7 Å². The van der Waals surface area contributed by atoms with Gasteiger partial charge in [0, 0.05) is 20.2 Å². The van der Waals surface area contributed by atoms with Gasteiger partial charge >= 0.3 is 11.9 Å². The molecule has 0 saturated carbocycles. The molecule has 0 aliphatic rings. The summed E-state index contributed by atoms with van der Waals surface area (Å²) >= 11 is 1.71. The first-order valence-electron chi connectivity index (χ1n) is 9.63. The molecule has 0 aliphatic carbocycles. The Morgan fingerprint density at radius 2 is 0.871 bits per heavy atom. The van der Waals surface area contributed by atoms with Gasteiger partial charge in [-0.15, -0.1) is 11.3 Å². The minimum Gasteiger partial charge on any atom is -0.478 e. The number of carboxylic acids is 2. The molecular formula is C26H16O4S. The van der Waals surface area contributed by atoms with Gasteiger partial charge in [0.05, 0.1) is 11.1 Å². The van der Waals surface area contributed by atoms with Gasteiger partial charge in [-0.1, -0.05) is 48.5 Å². The average Bonchev–Trinajstić information content (AvgIpc) is 3.16. The Morgan fingerprint density at radius 3 is 1.23 bits per heavy atom. The molecule has 4 nitrogen and oxygen atoms in total. The predicted octanol–water partition coefficient (Wildman–Crippen LogP) is 6.78. The fourth-order valence-electron chi connectivity index (χ4n) is 3.75. The second-order valence-electron chi connectivity index (χ2n) is 7.29. The van der Waals surface area contributed by atoms with Crippen molar-refractivity contribution in [3.63, 3.8) is 0 Å². The zero-order valence-corrected chi connectivity index (χ0v) is 17.0. The average molecular weight is 424 g/mol. The topological polar surface area (TPSA) is 74.6 Å². The third kappa shape index (κ3) is 3.45. The first kappa shape index (κ1) is 19.0. The maximum atomic E-state index is 11.1. The summed E-state index contributed by atoms with van der Waals surface area (Å²) in [6.07, 6.45) is 0. The summed E-state index contributed by atoms with van der Waals surface area (Å²) in [6.45, 7) is 0. The van der Waals surface area contributed by atoms with Crippen molar-refractivity contribution in [2.75, 3.05) is 0 Å². The highest BCUT2D eigenvalue weighted by Crippen LogP contribution is 2.38. The standard InChI is InChI=1S/C26H16O4S/c27-25(28)17-5-1-15(2-6-17)19-9-11-21-22-12-10-20(14-24(22)31-23(21)13-19)16-3-7-18(8-4-16)26(29)30/h1-14H,(H,27,28)(H,29,30). The van der Waals surface area contributed by atoms with Crippen molar-refractivity contribution in [3.05, 3.63) is 96.1 Å². The quantitative estimate of drug-likeness (QED) is 0.333. The van der Waals surface area contributed by atoms with Crippen LogP contribution in [0.4, 0.5) is 0 Å². The van der Waals surface area contributed by atoms with Gasteiger partial charge in [0.1, 0.15) is 0 Å². The van der Waals surface area contributed by atoms with E-state index in [1.54, 1.807) is 35.6 Å². The van der Waals surface area contributed by atoms with Crippen molar-refractivity contribution in [3.8, 4) is 22.3 Å². The van der Waals surface area contributed by atoms with Crippen molar-refractivity contribution in [1.29, 1.82) is 0 Å². The van der Waals surface area contributed by atoms with Crippen molar-refractivity contribution < 1.29 is 19.8 Å². The molecule has 1 heterocycles. The van der Waals surface area contributed by atoms with Gasteiger partial charge in [0.25, 0.3) is 0 Å². The van der Waals surface area contributed by atoms with Crippen LogP contribution in [0.25, 0.3) is 42.4 Å². The van der Waals surface area contributed by atoms with E-state index in [9.17, 15) is 9.59 Å². The molecule has 5 rings (SSSR count). The van der Waals surface area contributed by atoms with Crippen LogP contribution in [0.15, 0.2) is 84.9 Å². The van der Waals surface area contributed by atoms with Crippen LogP contribution >= 0.6 is 11.3 Å². The first-order chi connectivity index (χ1) is 15.0. The van der Waals surface area contributed by atoms with Crippen molar-refractivity contribution in [2.45, 2.75) is 0 Å². The summed E-state index contributed by atoms with van der Waals surface area (Å²) in [7, 11) is 0. The lowest BCUT2D eigenvalue weighted by molar-refractivity contribution is 0.0686. The Bertz CT molecular complexity index is 1350. The Kier molecular flexibility index (Phi) is 4.53. The van der Waals surface area contributed by atoms with Crippen LogP contribution in [0.5, 0.6) is 0 Å². The number of fused-ring (bicyclic) bond motifs is 3. The number of hydrogen-bond acceptors (Lipinski definition) is 3. The lowest BCUT2D eigenvalue weighted by Crippen LogP contribution is -1.94. The van der Waals surface area contributed by atoms with Gasteiger partial charge < -0.3 is 10.2 Å². The smallest absolute Gasteiger partial charge is 0.335 e. The van der Waals surface area contributed by atoms with Crippen LogP contribution in [-0.4, -0.2) is 22.2 Å². The molecule has 150 valence electrons. The predicted molar refractivity (Wildman–Crippen MR) is 124 cm³/mol. The van der Waals surface area contributed by atoms with Gasteiger partial charge in [0.2, 0.25) is 0 Å². The number of rotatable bonds is 4. The van der Waals surface area contributed by atoms with Crippen LogP contribution in [0.1, 0.15) is 20.7 Å². The van der Waals surface area contributed by atoms with E-state index >= 15 is 0 Å². The first-order valence-corrected chi connectivity index (χ1v) is 10.4. The Morgan fingerprint density at radius 1 is 0.516 bits per heavy atom. The highest BCUT2D eigenvalue weighted by atomic mass is 32.1. The van der Waals surface area contributed by atoms with Gasteiger partial charge in [-0.05, 0) is 58.7 Å². The summed E-state index contributed by atoms with van der Waals surface area (Å²) in [6, 6.07) is 26.4. The molecular weight excluding hydrogens is 408 g/mol. The second-order valence-corrected chi connectivity index (χ2v) is 8.37. The number of thiophene rings is 1. The Hall–Kier alpha value is -3.96. The van der Waals surface area contributed by atoms with Gasteiger partial charge in [0.15, 0.2) is 0 Å². The number of carbonyl (C=O) groups is 2. The molecule has 0 fully saturated rings. The maximum Gasteiger partial charge on any atom is 0.335 e. The third-order valence-electron chi connectivity index (χ3n) is 5.40. The van der Waals surface area contributed by atoms with Gasteiger partial charge in [-0.25, -0.2) is 9.59 Å². The van der Waals surface area contributed by atoms with Crippen LogP contribution in [-0.2, 0) is 0 Å². The molecule has 0 saturated heterocycles. The van der Waals surface area contributed by atoms with Gasteiger partial charge in [-0.3, -0.25) is 0 Å². The van der Waals surface area contributed by atoms with E-state index in [4.69, 9.17) is 10.2 Å². The molecule has 0 unspecified atom stereocenters. The van der Waals surface area contributed by atoms with Crippen molar-refractivity contribution in [2.24, 2.45) is 0 Å². The van der Waals surface area contributed by atoms with Crippen LogP contribution in [0.2, 0.25) is 0 Å². The Labute approximate surface area is 181 Å². The summed E-state index contributed by atoms with van der Waals surface area (Å²) in [5.74, 6) is -1.86. The normalized spacial score (nSPS) is 11.1. The molecule has 2 N–H and O–H groups in total. The molecule has 5 aromatic rings. The van der Waals surface area contributed by atoms with Crippen LogP contribution in [0, 0.1) is 0 Å². The van der Waals surface area contributed by atoms with E-state index in [-0.39, 0.29) is 11.1 Å². The highest BCUT2D eigenvalue weighted by Gasteiger charge is 2.10. The zero-order chi connectivity index (χ0) is 21.5. The second kappa shape index (κ2) is 7.38. The zero-order valence-electron chi connectivity index (χ0n) is 16.2. The molecule has 0 spiro atoms. The minimum absolute atomic E-state index is 0.274. The van der Waals surface area contributed by atoms with E-state index < -0.39 is 11.9 Å². The fraction of sp³-hybridized carbons (Fsp3) is 0. The molecule has 0 amide bonds. The summed E-state index contributed by atoms with van der Waals surface area (Å²) < 4.78 is 2.32. The largest absolute Gasteiger partial charge is 0.478 e. The Balaban J connectivity index is 1.54. The summed E-state index contributed by atoms with van der Waals surface area (Å²) in [5, 5.41) is 20.5. The molecule has 4 aromatic carbocycles. The highest BCUT2D eigenvalue weighted by molar-refractivity contribution is 7.25. The molecule has 0 aliphatic heterocycles. The lowest BCUT2D eigenvalue weighted by atomic mass is 10.0. The van der Waals surface area contributed by atoms with E-state index in [1.165, 1.54) is 10.8 Å². The molecule has 0 radical (unpaired) electrons. The minimum atomic E-state index is -0.931.